The van der Waals surface area contributed by atoms with Gasteiger partial charge in [0.15, 0.2) is 17.5 Å². The van der Waals surface area contributed by atoms with Crippen LogP contribution < -0.4 is 15.4 Å². The second kappa shape index (κ2) is 10.2. The van der Waals surface area contributed by atoms with Crippen LogP contribution in [0.4, 0.5) is 4.39 Å². The third-order valence-corrected chi connectivity index (χ3v) is 4.40. The first-order valence-corrected chi connectivity index (χ1v) is 9.27. The summed E-state index contributed by atoms with van der Waals surface area (Å²) in [4.78, 5) is 6.71. The topological polar surface area (TPSA) is 48.9 Å². The van der Waals surface area contributed by atoms with Crippen LogP contribution in [0, 0.1) is 5.82 Å². The van der Waals surface area contributed by atoms with Crippen molar-refractivity contribution in [2.45, 2.75) is 39.3 Å². The van der Waals surface area contributed by atoms with Crippen molar-refractivity contribution in [2.75, 3.05) is 33.3 Å². The van der Waals surface area contributed by atoms with Crippen molar-refractivity contribution in [1.82, 2.24) is 15.5 Å². The normalized spacial score (nSPS) is 16.4. The van der Waals surface area contributed by atoms with Crippen molar-refractivity contribution in [3.63, 3.8) is 0 Å². The molecule has 5 nitrogen and oxygen atoms in total. The van der Waals surface area contributed by atoms with Crippen LogP contribution in [0.15, 0.2) is 35.3 Å². The maximum Gasteiger partial charge on any atom is 0.191 e. The van der Waals surface area contributed by atoms with E-state index in [1.807, 2.05) is 13.0 Å². The summed E-state index contributed by atoms with van der Waals surface area (Å²) >= 11 is 0. The van der Waals surface area contributed by atoms with Gasteiger partial charge in [-0.25, -0.2) is 4.39 Å². The van der Waals surface area contributed by atoms with Gasteiger partial charge in [0.05, 0.1) is 6.61 Å². The molecular formula is C20H31FN4O. The molecule has 1 aliphatic rings. The van der Waals surface area contributed by atoms with Crippen LogP contribution in [-0.4, -0.2) is 50.2 Å². The van der Waals surface area contributed by atoms with Crippen molar-refractivity contribution in [3.8, 4) is 5.75 Å². The van der Waals surface area contributed by atoms with Crippen LogP contribution in [0.1, 0.15) is 32.3 Å². The zero-order chi connectivity index (χ0) is 18.9. The van der Waals surface area contributed by atoms with E-state index in [2.05, 4.69) is 34.0 Å². The van der Waals surface area contributed by atoms with E-state index in [-0.39, 0.29) is 5.82 Å². The molecule has 144 valence electrons. The highest BCUT2D eigenvalue weighted by molar-refractivity contribution is 5.79. The second-order valence-electron chi connectivity index (χ2n) is 6.78. The molecule has 0 amide bonds. The molecule has 0 atom stereocenters. The SMILES string of the molecule is C=C(C)CN1CCC(NC(=NC)NCc2ccc(OCC)c(F)c2)CC1. The number of halogens is 1. The van der Waals surface area contributed by atoms with Crippen LogP contribution in [0.3, 0.4) is 0 Å². The molecule has 1 saturated heterocycles. The van der Waals surface area contributed by atoms with E-state index < -0.39 is 0 Å². The predicted octanol–water partition coefficient (Wildman–Crippen LogP) is 2.93. The van der Waals surface area contributed by atoms with Crippen molar-refractivity contribution in [3.05, 3.63) is 41.7 Å². The van der Waals surface area contributed by atoms with Gasteiger partial charge in [0, 0.05) is 39.3 Å². The molecule has 1 aliphatic heterocycles. The lowest BCUT2D eigenvalue weighted by molar-refractivity contribution is 0.221. The summed E-state index contributed by atoms with van der Waals surface area (Å²) in [5.41, 5.74) is 2.06. The molecule has 1 aromatic carbocycles. The third kappa shape index (κ3) is 6.33. The molecule has 0 aromatic heterocycles. The number of ether oxygens (including phenoxy) is 1. The van der Waals surface area contributed by atoms with E-state index in [1.54, 1.807) is 13.1 Å². The minimum absolute atomic E-state index is 0.292. The van der Waals surface area contributed by atoms with Gasteiger partial charge in [-0.3, -0.25) is 9.89 Å². The first-order chi connectivity index (χ1) is 12.5. The Bertz CT molecular complexity index is 624. The van der Waals surface area contributed by atoms with Gasteiger partial charge < -0.3 is 15.4 Å². The van der Waals surface area contributed by atoms with Crippen LogP contribution in [0.25, 0.3) is 0 Å². The Kier molecular flexibility index (Phi) is 7.91. The summed E-state index contributed by atoms with van der Waals surface area (Å²) in [6, 6.07) is 5.44. The minimum atomic E-state index is -0.334. The highest BCUT2D eigenvalue weighted by Gasteiger charge is 2.19. The number of nitrogens with zero attached hydrogens (tertiary/aromatic N) is 2. The maximum atomic E-state index is 13.9. The molecule has 0 aliphatic carbocycles. The van der Waals surface area contributed by atoms with Gasteiger partial charge in [-0.05, 0) is 44.4 Å². The number of hydrogen-bond donors (Lipinski definition) is 2. The molecule has 0 spiro atoms. The quantitative estimate of drug-likeness (QED) is 0.445. The Labute approximate surface area is 156 Å². The molecule has 0 bridgehead atoms. The Morgan fingerprint density at radius 1 is 1.38 bits per heavy atom. The fraction of sp³-hybridized carbons (Fsp3) is 0.550. The Balaban J connectivity index is 1.80. The summed E-state index contributed by atoms with van der Waals surface area (Å²) in [6.07, 6.45) is 2.15. The smallest absolute Gasteiger partial charge is 0.191 e. The average molecular weight is 362 g/mol. The van der Waals surface area contributed by atoms with Crippen molar-refractivity contribution in [1.29, 1.82) is 0 Å². The van der Waals surface area contributed by atoms with E-state index >= 15 is 0 Å². The molecule has 6 heteroatoms. The van der Waals surface area contributed by atoms with Gasteiger partial charge in [0.25, 0.3) is 0 Å². The van der Waals surface area contributed by atoms with Crippen molar-refractivity contribution in [2.24, 2.45) is 4.99 Å². The zero-order valence-corrected chi connectivity index (χ0v) is 16.1. The summed E-state index contributed by atoms with van der Waals surface area (Å²) in [6.45, 7) is 12.0. The zero-order valence-electron chi connectivity index (χ0n) is 16.1. The summed E-state index contributed by atoms with van der Waals surface area (Å²) in [5.74, 6) is 0.705. The number of piperidine rings is 1. The monoisotopic (exact) mass is 362 g/mol. The molecule has 0 saturated carbocycles. The van der Waals surface area contributed by atoms with E-state index in [0.29, 0.717) is 24.9 Å². The standard InChI is InChI=1S/C20H31FN4O/c1-5-26-19-7-6-16(12-18(19)21)13-23-20(22-4)24-17-8-10-25(11-9-17)14-15(2)3/h6-7,12,17H,2,5,8-11,13-14H2,1,3-4H3,(H2,22,23,24). The van der Waals surface area contributed by atoms with Crippen molar-refractivity contribution < 1.29 is 9.13 Å². The van der Waals surface area contributed by atoms with Gasteiger partial charge in [-0.2, -0.15) is 0 Å². The summed E-state index contributed by atoms with van der Waals surface area (Å²) in [7, 11) is 1.75. The average Bonchev–Trinajstić information content (AvgIpc) is 2.62. The number of hydrogen-bond acceptors (Lipinski definition) is 3. The van der Waals surface area contributed by atoms with Crippen LogP contribution in [-0.2, 0) is 6.54 Å². The lowest BCUT2D eigenvalue weighted by atomic mass is 10.0. The molecule has 26 heavy (non-hydrogen) atoms. The molecule has 1 heterocycles. The molecule has 1 fully saturated rings. The lowest BCUT2D eigenvalue weighted by Gasteiger charge is -2.33. The van der Waals surface area contributed by atoms with E-state index in [1.165, 1.54) is 11.6 Å². The molecule has 1 aromatic rings. The number of aliphatic imine (C=N–C) groups is 1. The minimum Gasteiger partial charge on any atom is -0.491 e. The summed E-state index contributed by atoms with van der Waals surface area (Å²) in [5, 5.41) is 6.73. The van der Waals surface area contributed by atoms with Crippen LogP contribution in [0.5, 0.6) is 5.75 Å². The van der Waals surface area contributed by atoms with E-state index in [0.717, 1.165) is 44.0 Å². The molecule has 2 rings (SSSR count). The van der Waals surface area contributed by atoms with Gasteiger partial charge in [0.2, 0.25) is 0 Å². The molecule has 0 radical (unpaired) electrons. The third-order valence-electron chi connectivity index (χ3n) is 4.40. The fourth-order valence-corrected chi connectivity index (χ4v) is 3.12. The maximum absolute atomic E-state index is 13.9. The predicted molar refractivity (Wildman–Crippen MR) is 105 cm³/mol. The first kappa shape index (κ1) is 20.2. The Hall–Kier alpha value is -2.08. The number of guanidine groups is 1. The van der Waals surface area contributed by atoms with Gasteiger partial charge in [0.1, 0.15) is 0 Å². The van der Waals surface area contributed by atoms with Gasteiger partial charge >= 0.3 is 0 Å². The Morgan fingerprint density at radius 3 is 2.69 bits per heavy atom. The fourth-order valence-electron chi connectivity index (χ4n) is 3.12. The van der Waals surface area contributed by atoms with Crippen molar-refractivity contribution >= 4 is 5.96 Å². The van der Waals surface area contributed by atoms with E-state index in [9.17, 15) is 4.39 Å². The number of rotatable bonds is 7. The largest absolute Gasteiger partial charge is 0.491 e. The van der Waals surface area contributed by atoms with Crippen LogP contribution >= 0.6 is 0 Å². The first-order valence-electron chi connectivity index (χ1n) is 9.27. The highest BCUT2D eigenvalue weighted by atomic mass is 19.1. The molecule has 2 N–H and O–H groups in total. The number of benzene rings is 1. The van der Waals surface area contributed by atoms with Gasteiger partial charge in [-0.1, -0.05) is 18.2 Å². The molecular weight excluding hydrogens is 331 g/mol. The van der Waals surface area contributed by atoms with Crippen LogP contribution in [0.2, 0.25) is 0 Å². The second-order valence-corrected chi connectivity index (χ2v) is 6.78. The summed E-state index contributed by atoms with van der Waals surface area (Å²) < 4.78 is 19.2. The number of nitrogens with one attached hydrogen (secondary N) is 2. The lowest BCUT2D eigenvalue weighted by Crippen LogP contribution is -2.48. The molecule has 0 unspecified atom stereocenters. The highest BCUT2D eigenvalue weighted by Crippen LogP contribution is 2.18. The van der Waals surface area contributed by atoms with Gasteiger partial charge in [-0.15, -0.1) is 0 Å². The Morgan fingerprint density at radius 2 is 2.12 bits per heavy atom. The van der Waals surface area contributed by atoms with E-state index in [4.69, 9.17) is 4.74 Å². The number of likely N-dealkylation sites (tertiary alicyclic amines) is 1.